The largest absolute Gasteiger partial charge is 0.445 e. The first-order valence-corrected chi connectivity index (χ1v) is 14.8. The molecule has 0 radical (unpaired) electrons. The Morgan fingerprint density at radius 1 is 0.935 bits per heavy atom. The molecule has 15 heteroatoms. The van der Waals surface area contributed by atoms with Crippen LogP contribution >= 0.6 is 0 Å². The van der Waals surface area contributed by atoms with Crippen LogP contribution in [0, 0.1) is 0 Å². The highest BCUT2D eigenvalue weighted by molar-refractivity contribution is 6.01. The highest BCUT2D eigenvalue weighted by Gasteiger charge is 2.48. The molecule has 1 fully saturated rings. The first-order chi connectivity index (χ1) is 22.0. The normalized spacial score (nSPS) is 16.5. The lowest BCUT2D eigenvalue weighted by Crippen LogP contribution is -2.68. The molecular formula is C31H41N5O10. The minimum Gasteiger partial charge on any atom is -0.445 e. The van der Waals surface area contributed by atoms with Gasteiger partial charge in [-0.2, -0.15) is 0 Å². The number of carbonyl (C=O) groups is 5. The van der Waals surface area contributed by atoms with Gasteiger partial charge >= 0.3 is 6.09 Å². The van der Waals surface area contributed by atoms with Crippen molar-refractivity contribution in [2.45, 2.75) is 62.1 Å². The van der Waals surface area contributed by atoms with Crippen LogP contribution < -0.4 is 21.7 Å². The fraction of sp³-hybridized carbons (Fsp3) is 0.452. The summed E-state index contributed by atoms with van der Waals surface area (Å²) in [6.07, 6.45) is -3.12. The topological polar surface area (TPSA) is 241 Å². The maximum Gasteiger partial charge on any atom is 0.408 e. The van der Waals surface area contributed by atoms with Gasteiger partial charge in [-0.15, -0.1) is 0 Å². The summed E-state index contributed by atoms with van der Waals surface area (Å²) in [7, 11) is 0. The number of ether oxygens (including phenoxy) is 1. The van der Waals surface area contributed by atoms with E-state index in [1.807, 2.05) is 0 Å². The second-order valence-electron chi connectivity index (χ2n) is 11.0. The maximum absolute atomic E-state index is 13.9. The lowest BCUT2D eigenvalue weighted by atomic mass is 9.94. The number of aliphatic hydroxyl groups excluding tert-OH is 4. The van der Waals surface area contributed by atoms with Crippen molar-refractivity contribution in [3.05, 3.63) is 71.8 Å². The van der Waals surface area contributed by atoms with Crippen LogP contribution in [-0.2, 0) is 36.9 Å². The number of aliphatic hydroxyl groups is 4. The molecule has 1 heterocycles. The number of imide groups is 1. The predicted octanol–water partition coefficient (Wildman–Crippen LogP) is -1.93. The van der Waals surface area contributed by atoms with Crippen LogP contribution in [0.25, 0.3) is 0 Å². The van der Waals surface area contributed by atoms with Crippen molar-refractivity contribution >= 4 is 29.7 Å². The van der Waals surface area contributed by atoms with E-state index in [9.17, 15) is 44.4 Å². The van der Waals surface area contributed by atoms with Gasteiger partial charge in [0.05, 0.1) is 38.3 Å². The van der Waals surface area contributed by atoms with Crippen molar-refractivity contribution < 1.29 is 49.1 Å². The van der Waals surface area contributed by atoms with E-state index < -0.39 is 85.7 Å². The zero-order valence-electron chi connectivity index (χ0n) is 25.2. The van der Waals surface area contributed by atoms with Crippen molar-refractivity contribution in [2.24, 2.45) is 5.73 Å². The molecule has 9 N–H and O–H groups in total. The number of hydrogen-bond acceptors (Lipinski definition) is 11. The summed E-state index contributed by atoms with van der Waals surface area (Å²) >= 11 is 0. The van der Waals surface area contributed by atoms with Crippen LogP contribution in [0.2, 0.25) is 0 Å². The minimum absolute atomic E-state index is 0.135. The molecule has 1 saturated heterocycles. The number of nitrogens with zero attached hydrogens (tertiary/aromatic N) is 1. The molecule has 2 aromatic carbocycles. The molecule has 0 saturated carbocycles. The Bertz CT molecular complexity index is 1310. The Morgan fingerprint density at radius 2 is 1.52 bits per heavy atom. The Balaban J connectivity index is 1.89. The molecule has 0 bridgehead atoms. The monoisotopic (exact) mass is 643 g/mol. The second-order valence-corrected chi connectivity index (χ2v) is 11.0. The third-order valence-electron chi connectivity index (χ3n) is 7.64. The van der Waals surface area contributed by atoms with Gasteiger partial charge in [0.25, 0.3) is 5.91 Å². The molecule has 5 amide bonds. The van der Waals surface area contributed by atoms with Gasteiger partial charge in [0, 0.05) is 0 Å². The van der Waals surface area contributed by atoms with Gasteiger partial charge in [-0.25, -0.2) is 4.79 Å². The van der Waals surface area contributed by atoms with E-state index in [-0.39, 0.29) is 13.0 Å². The third kappa shape index (κ3) is 9.55. The van der Waals surface area contributed by atoms with Gasteiger partial charge in [0.1, 0.15) is 18.2 Å². The molecule has 15 nitrogen and oxygen atoms in total. The van der Waals surface area contributed by atoms with Crippen LogP contribution in [0.1, 0.15) is 30.4 Å². The summed E-state index contributed by atoms with van der Waals surface area (Å²) in [4.78, 5) is 65.7. The number of nitrogens with two attached hydrogens (primary N) is 1. The molecule has 250 valence electrons. The number of nitrogens with one attached hydrogen (secondary N) is 3. The number of rotatable bonds is 16. The minimum atomic E-state index is -2.18. The van der Waals surface area contributed by atoms with Crippen LogP contribution in [0.3, 0.4) is 0 Å². The summed E-state index contributed by atoms with van der Waals surface area (Å²) in [5, 5.41) is 49.4. The van der Waals surface area contributed by atoms with Crippen molar-refractivity contribution in [2.75, 3.05) is 26.4 Å². The summed E-state index contributed by atoms with van der Waals surface area (Å²) in [5.74, 6) is -4.15. The molecule has 1 aliphatic rings. The Hall–Kier alpha value is -4.41. The van der Waals surface area contributed by atoms with Gasteiger partial charge in [-0.1, -0.05) is 60.7 Å². The Kier molecular flexibility index (Phi) is 13.6. The number of amides is 5. The quantitative estimate of drug-likeness (QED) is 0.100. The average Bonchev–Trinajstić information content (AvgIpc) is 3.61. The van der Waals surface area contributed by atoms with E-state index in [2.05, 4.69) is 16.0 Å². The molecule has 46 heavy (non-hydrogen) atoms. The molecule has 4 atom stereocenters. The molecule has 0 aliphatic carbocycles. The standard InChI is InChI=1S/C31H41N5O10/c32-25(40)15-24(35-30(45)46-16-21-10-5-2-6-11-21)27(42)34-23(14-20-8-3-1-4-9-20)26(41)29(44)36(31(17-37,18-38)19-39)28(43)22-12-7-13-33-22/h1-6,8-11,22-24,26,33,37-39,41H,7,12-19H2,(H2,32,40)(H,34,42)(H,35,45)/t22-,23+,24+,26+/m1/s1. The molecule has 2 aromatic rings. The fourth-order valence-electron chi connectivity index (χ4n) is 5.00. The van der Waals surface area contributed by atoms with Gasteiger partial charge in [0.2, 0.25) is 17.7 Å². The zero-order chi connectivity index (χ0) is 33.7. The smallest absolute Gasteiger partial charge is 0.408 e. The summed E-state index contributed by atoms with van der Waals surface area (Å²) in [6.45, 7) is -2.75. The predicted molar refractivity (Wildman–Crippen MR) is 162 cm³/mol. The van der Waals surface area contributed by atoms with E-state index in [1.165, 1.54) is 0 Å². The number of benzene rings is 2. The summed E-state index contributed by atoms with van der Waals surface area (Å²) in [5.41, 5.74) is 4.36. The van der Waals surface area contributed by atoms with Crippen molar-refractivity contribution in [3.8, 4) is 0 Å². The first kappa shape index (κ1) is 36.1. The summed E-state index contributed by atoms with van der Waals surface area (Å²) < 4.78 is 5.15. The Labute approximate surface area is 265 Å². The van der Waals surface area contributed by atoms with E-state index in [0.29, 0.717) is 35.4 Å². The second kappa shape index (κ2) is 17.3. The molecule has 1 aliphatic heterocycles. The maximum atomic E-state index is 13.9. The van der Waals surface area contributed by atoms with Gasteiger partial charge in [-0.05, 0) is 36.9 Å². The Morgan fingerprint density at radius 3 is 2.04 bits per heavy atom. The van der Waals surface area contributed by atoms with Gasteiger partial charge in [0.15, 0.2) is 6.10 Å². The lowest BCUT2D eigenvalue weighted by Gasteiger charge is -2.41. The number of primary amides is 1. The number of alkyl carbamates (subject to hydrolysis) is 1. The van der Waals surface area contributed by atoms with Crippen molar-refractivity contribution in [3.63, 3.8) is 0 Å². The summed E-state index contributed by atoms with van der Waals surface area (Å²) in [6, 6.07) is 13.1. The lowest BCUT2D eigenvalue weighted by molar-refractivity contribution is -0.168. The van der Waals surface area contributed by atoms with Gasteiger partial charge in [-0.3, -0.25) is 24.1 Å². The average molecular weight is 644 g/mol. The van der Waals surface area contributed by atoms with Crippen LogP contribution in [0.4, 0.5) is 4.79 Å². The molecule has 0 unspecified atom stereocenters. The first-order valence-electron chi connectivity index (χ1n) is 14.8. The van der Waals surface area contributed by atoms with E-state index in [4.69, 9.17) is 10.5 Å². The molecule has 3 rings (SSSR count). The van der Waals surface area contributed by atoms with E-state index in [0.717, 1.165) is 0 Å². The number of hydrogen-bond donors (Lipinski definition) is 8. The fourth-order valence-corrected chi connectivity index (χ4v) is 5.00. The highest BCUT2D eigenvalue weighted by atomic mass is 16.5. The number of carbonyl (C=O) groups excluding carboxylic acids is 5. The zero-order valence-corrected chi connectivity index (χ0v) is 25.2. The molecule has 0 aromatic heterocycles. The van der Waals surface area contributed by atoms with Crippen LogP contribution in [0.15, 0.2) is 60.7 Å². The van der Waals surface area contributed by atoms with Crippen LogP contribution in [0.5, 0.6) is 0 Å². The van der Waals surface area contributed by atoms with E-state index in [1.54, 1.807) is 60.7 Å². The molecule has 0 spiro atoms. The van der Waals surface area contributed by atoms with Crippen molar-refractivity contribution in [1.82, 2.24) is 20.9 Å². The highest BCUT2D eigenvalue weighted by Crippen LogP contribution is 2.22. The van der Waals surface area contributed by atoms with Gasteiger partial charge < -0.3 is 46.8 Å². The SMILES string of the molecule is NC(=O)C[C@H](NC(=O)OCc1ccccc1)C(=O)N[C@@H](Cc1ccccc1)[C@H](O)C(=O)N(C(=O)[C@H]1CCCN1)C(CO)(CO)CO. The van der Waals surface area contributed by atoms with E-state index >= 15 is 0 Å². The molecular weight excluding hydrogens is 602 g/mol. The van der Waals surface area contributed by atoms with Crippen molar-refractivity contribution in [1.29, 1.82) is 0 Å². The third-order valence-corrected chi connectivity index (χ3v) is 7.64. The van der Waals surface area contributed by atoms with Crippen LogP contribution in [-0.4, -0.2) is 111 Å².